The van der Waals surface area contributed by atoms with Crippen LogP contribution >= 0.6 is 15.9 Å². The highest BCUT2D eigenvalue weighted by Gasteiger charge is 2.30. The number of esters is 1. The number of nitrogens with zero attached hydrogens (tertiary/aromatic N) is 1. The fraction of sp³-hybridized carbons (Fsp3) is 0.286. The predicted molar refractivity (Wildman–Crippen MR) is 78.4 cm³/mol. The molecule has 1 aromatic carbocycles. The van der Waals surface area contributed by atoms with Gasteiger partial charge in [-0.3, -0.25) is 4.79 Å². The Morgan fingerprint density at radius 1 is 1.40 bits per heavy atom. The maximum Gasteiger partial charge on any atom is 0.333 e. The van der Waals surface area contributed by atoms with Crippen molar-refractivity contribution in [3.8, 4) is 5.75 Å². The largest absolute Gasteiger partial charge is 0.497 e. The van der Waals surface area contributed by atoms with Gasteiger partial charge in [-0.15, -0.1) is 0 Å². The zero-order valence-corrected chi connectivity index (χ0v) is 13.1. The summed E-state index contributed by atoms with van der Waals surface area (Å²) in [5.41, 5.74) is 0.578. The molecule has 0 bridgehead atoms. The van der Waals surface area contributed by atoms with E-state index in [9.17, 15) is 9.59 Å². The molecule has 1 atom stereocenters. The Morgan fingerprint density at radius 3 is 2.55 bits per heavy atom. The normalized spacial score (nSPS) is 11.4. The van der Waals surface area contributed by atoms with Crippen LogP contribution in [0.25, 0.3) is 0 Å². The van der Waals surface area contributed by atoms with Gasteiger partial charge in [0.25, 0.3) is 0 Å². The molecule has 0 aliphatic heterocycles. The zero-order chi connectivity index (χ0) is 15.3. The first-order valence-corrected chi connectivity index (χ1v) is 6.56. The van der Waals surface area contributed by atoms with Crippen molar-refractivity contribution in [2.75, 3.05) is 21.3 Å². The lowest BCUT2D eigenvalue weighted by Gasteiger charge is -2.26. The molecule has 1 amide bonds. The number of likely N-dealkylation sites (N-methyl/N-ethyl adjacent to an activating group) is 1. The van der Waals surface area contributed by atoms with Gasteiger partial charge >= 0.3 is 5.97 Å². The first-order chi connectivity index (χ1) is 9.46. The van der Waals surface area contributed by atoms with Crippen molar-refractivity contribution in [2.24, 2.45) is 0 Å². The highest BCUT2D eigenvalue weighted by atomic mass is 79.9. The lowest BCUT2D eigenvalue weighted by Crippen LogP contribution is -2.35. The van der Waals surface area contributed by atoms with E-state index in [1.165, 1.54) is 26.2 Å². The fourth-order valence-electron chi connectivity index (χ4n) is 1.73. The minimum Gasteiger partial charge on any atom is -0.497 e. The molecular weight excluding hydrogens is 326 g/mol. The molecule has 1 unspecified atom stereocenters. The van der Waals surface area contributed by atoms with Crippen LogP contribution in [0.1, 0.15) is 11.6 Å². The van der Waals surface area contributed by atoms with Crippen LogP contribution in [0.4, 0.5) is 0 Å². The summed E-state index contributed by atoms with van der Waals surface area (Å²) in [6.07, 6.45) is 1.14. The van der Waals surface area contributed by atoms with Gasteiger partial charge in [0.05, 0.1) is 14.2 Å². The van der Waals surface area contributed by atoms with Gasteiger partial charge in [0.15, 0.2) is 6.04 Å². The number of carbonyl (C=O) groups excluding carboxylic acids is 2. The number of rotatable bonds is 5. The summed E-state index contributed by atoms with van der Waals surface area (Å²) < 4.78 is 10.6. The number of amides is 1. The number of halogens is 1. The molecule has 0 saturated heterocycles. The highest BCUT2D eigenvalue weighted by Crippen LogP contribution is 2.31. The van der Waals surface area contributed by atoms with Crippen molar-refractivity contribution in [1.29, 1.82) is 0 Å². The van der Waals surface area contributed by atoms with Crippen LogP contribution in [0.2, 0.25) is 0 Å². The SMILES string of the molecule is C=CC(=O)N(C)C(C(=O)OC)c1cc(OC)ccc1Br. The van der Waals surface area contributed by atoms with Gasteiger partial charge < -0.3 is 14.4 Å². The zero-order valence-electron chi connectivity index (χ0n) is 11.6. The third-order valence-corrected chi connectivity index (χ3v) is 3.55. The minimum atomic E-state index is -0.880. The standard InChI is InChI=1S/C14H16BrNO4/c1-5-12(17)16(2)13(14(18)20-4)10-8-9(19-3)6-7-11(10)15/h5-8,13H,1H2,2-4H3. The molecule has 0 aliphatic carbocycles. The average Bonchev–Trinajstić information content (AvgIpc) is 2.47. The first-order valence-electron chi connectivity index (χ1n) is 5.76. The van der Waals surface area contributed by atoms with Crippen LogP contribution in [0, 0.1) is 0 Å². The molecule has 0 fully saturated rings. The lowest BCUT2D eigenvalue weighted by atomic mass is 10.1. The van der Waals surface area contributed by atoms with Crippen LogP contribution in [-0.4, -0.2) is 38.0 Å². The van der Waals surface area contributed by atoms with Crippen molar-refractivity contribution in [1.82, 2.24) is 4.90 Å². The van der Waals surface area contributed by atoms with Gasteiger partial charge in [-0.1, -0.05) is 22.5 Å². The van der Waals surface area contributed by atoms with Gasteiger partial charge in [-0.2, -0.15) is 0 Å². The summed E-state index contributed by atoms with van der Waals surface area (Å²) >= 11 is 3.37. The maximum atomic E-state index is 12.0. The van der Waals surface area contributed by atoms with Gasteiger partial charge in [0, 0.05) is 17.1 Å². The fourth-order valence-corrected chi connectivity index (χ4v) is 2.20. The monoisotopic (exact) mass is 341 g/mol. The molecular formula is C14H16BrNO4. The number of carbonyl (C=O) groups is 2. The first kappa shape index (κ1) is 16.2. The van der Waals surface area contributed by atoms with Gasteiger partial charge in [0.1, 0.15) is 5.75 Å². The van der Waals surface area contributed by atoms with Crippen molar-refractivity contribution in [2.45, 2.75) is 6.04 Å². The lowest BCUT2D eigenvalue weighted by molar-refractivity contribution is -0.150. The summed E-state index contributed by atoms with van der Waals surface area (Å²) in [5, 5.41) is 0. The predicted octanol–water partition coefficient (Wildman–Crippen LogP) is 2.32. The molecule has 0 radical (unpaired) electrons. The van der Waals surface area contributed by atoms with E-state index in [0.717, 1.165) is 6.08 Å². The van der Waals surface area contributed by atoms with Crippen molar-refractivity contribution in [3.63, 3.8) is 0 Å². The second kappa shape index (κ2) is 7.09. The summed E-state index contributed by atoms with van der Waals surface area (Å²) in [7, 11) is 4.31. The molecule has 0 spiro atoms. The molecule has 0 saturated carbocycles. The molecule has 6 heteroatoms. The smallest absolute Gasteiger partial charge is 0.333 e. The van der Waals surface area contributed by atoms with E-state index in [4.69, 9.17) is 9.47 Å². The summed E-state index contributed by atoms with van der Waals surface area (Å²) in [6, 6.07) is 4.29. The third-order valence-electron chi connectivity index (χ3n) is 2.83. The Hall–Kier alpha value is -1.82. The Morgan fingerprint density at radius 2 is 2.05 bits per heavy atom. The highest BCUT2D eigenvalue weighted by molar-refractivity contribution is 9.10. The number of methoxy groups -OCH3 is 2. The van der Waals surface area contributed by atoms with Gasteiger partial charge in [-0.05, 0) is 24.3 Å². The average molecular weight is 342 g/mol. The van der Waals surface area contributed by atoms with Gasteiger partial charge in [0.2, 0.25) is 5.91 Å². The Labute approximate surface area is 126 Å². The maximum absolute atomic E-state index is 12.0. The molecule has 0 aliphatic rings. The molecule has 0 heterocycles. The topological polar surface area (TPSA) is 55.8 Å². The van der Waals surface area contributed by atoms with Crippen LogP contribution in [0.3, 0.4) is 0 Å². The molecule has 1 aromatic rings. The molecule has 1 rings (SSSR count). The second-order valence-electron chi connectivity index (χ2n) is 3.97. The second-order valence-corrected chi connectivity index (χ2v) is 4.82. The van der Waals surface area contributed by atoms with Crippen LogP contribution in [0.15, 0.2) is 35.3 Å². The summed E-state index contributed by atoms with van der Waals surface area (Å²) in [4.78, 5) is 25.0. The number of benzene rings is 1. The Bertz CT molecular complexity index is 530. The molecule has 0 aromatic heterocycles. The van der Waals surface area contributed by atoms with E-state index in [-0.39, 0.29) is 5.91 Å². The molecule has 0 N–H and O–H groups in total. The van der Waals surface area contributed by atoms with Crippen LogP contribution < -0.4 is 4.74 Å². The Balaban J connectivity index is 3.33. The van der Waals surface area contributed by atoms with E-state index in [1.54, 1.807) is 18.2 Å². The van der Waals surface area contributed by atoms with E-state index in [0.29, 0.717) is 15.8 Å². The molecule has 108 valence electrons. The van der Waals surface area contributed by atoms with Crippen LogP contribution in [0.5, 0.6) is 5.75 Å². The third kappa shape index (κ3) is 3.39. The Kier molecular flexibility index (Phi) is 5.76. The van der Waals surface area contributed by atoms with Crippen molar-refractivity contribution < 1.29 is 19.1 Å². The molecule has 5 nitrogen and oxygen atoms in total. The van der Waals surface area contributed by atoms with Crippen molar-refractivity contribution >= 4 is 27.8 Å². The number of hydrogen-bond acceptors (Lipinski definition) is 4. The van der Waals surface area contributed by atoms with E-state index < -0.39 is 12.0 Å². The summed E-state index contributed by atoms with van der Waals surface area (Å²) in [5.74, 6) is -0.344. The van der Waals surface area contributed by atoms with E-state index in [2.05, 4.69) is 22.5 Å². The van der Waals surface area contributed by atoms with E-state index in [1.807, 2.05) is 0 Å². The minimum absolute atomic E-state index is 0.380. The quantitative estimate of drug-likeness (QED) is 0.609. The van der Waals surface area contributed by atoms with Crippen molar-refractivity contribution in [3.05, 3.63) is 40.9 Å². The van der Waals surface area contributed by atoms with Gasteiger partial charge in [-0.25, -0.2) is 4.79 Å². The van der Waals surface area contributed by atoms with Crippen LogP contribution in [-0.2, 0) is 14.3 Å². The van der Waals surface area contributed by atoms with E-state index >= 15 is 0 Å². The molecule has 20 heavy (non-hydrogen) atoms. The number of ether oxygens (including phenoxy) is 2. The summed E-state index contributed by atoms with van der Waals surface area (Å²) in [6.45, 7) is 3.42. The number of hydrogen-bond donors (Lipinski definition) is 0.